The SMILES string of the molecule is O=C(O)c1cccc(-c2cnc3ccc(N4CCCC4c4cccc(F)c4)nn23)n1. The normalized spacial score (nSPS) is 16.3. The number of aromatic nitrogens is 4. The van der Waals surface area contributed by atoms with Gasteiger partial charge < -0.3 is 10.0 Å². The molecule has 1 atom stereocenters. The standard InChI is InChI=1S/C22H18FN5O2/c23-15-5-1-4-14(12-15)18-8-3-11-27(18)21-10-9-20-24-13-19(28(20)26-21)16-6-2-7-17(25-16)22(29)30/h1-2,4-7,9-10,12-13,18H,3,8,11H2,(H,29,30). The zero-order valence-corrected chi connectivity index (χ0v) is 15.9. The molecule has 4 aromatic rings. The van der Waals surface area contributed by atoms with Gasteiger partial charge in [0.15, 0.2) is 5.65 Å². The van der Waals surface area contributed by atoms with Crippen molar-refractivity contribution in [3.63, 3.8) is 0 Å². The lowest BCUT2D eigenvalue weighted by molar-refractivity contribution is 0.0690. The Bertz CT molecular complexity index is 1260. The summed E-state index contributed by atoms with van der Waals surface area (Å²) in [6.07, 6.45) is 3.54. The number of imidazole rings is 1. The number of pyridine rings is 1. The molecule has 1 fully saturated rings. The van der Waals surface area contributed by atoms with Crippen molar-refractivity contribution >= 4 is 17.4 Å². The van der Waals surface area contributed by atoms with Gasteiger partial charge in [-0.1, -0.05) is 18.2 Å². The molecule has 1 aliphatic heterocycles. The van der Waals surface area contributed by atoms with Gasteiger partial charge >= 0.3 is 5.97 Å². The zero-order chi connectivity index (χ0) is 20.7. The average molecular weight is 403 g/mol. The summed E-state index contributed by atoms with van der Waals surface area (Å²) in [7, 11) is 0. The molecule has 1 saturated heterocycles. The van der Waals surface area contributed by atoms with E-state index in [1.165, 1.54) is 12.1 Å². The summed E-state index contributed by atoms with van der Waals surface area (Å²) >= 11 is 0. The number of aromatic carboxylic acids is 1. The van der Waals surface area contributed by atoms with Gasteiger partial charge in [0.2, 0.25) is 0 Å². The highest BCUT2D eigenvalue weighted by atomic mass is 19.1. The maximum absolute atomic E-state index is 13.8. The van der Waals surface area contributed by atoms with Crippen molar-refractivity contribution in [2.24, 2.45) is 0 Å². The molecular weight excluding hydrogens is 385 g/mol. The van der Waals surface area contributed by atoms with Crippen LogP contribution in [0.15, 0.2) is 60.8 Å². The Morgan fingerprint density at radius 2 is 2.00 bits per heavy atom. The third-order valence-corrected chi connectivity index (χ3v) is 5.36. The lowest BCUT2D eigenvalue weighted by Gasteiger charge is -2.26. The van der Waals surface area contributed by atoms with E-state index in [0.29, 0.717) is 17.0 Å². The minimum Gasteiger partial charge on any atom is -0.477 e. The van der Waals surface area contributed by atoms with E-state index in [9.17, 15) is 14.3 Å². The van der Waals surface area contributed by atoms with Gasteiger partial charge in [-0.3, -0.25) is 0 Å². The van der Waals surface area contributed by atoms with Crippen molar-refractivity contribution < 1.29 is 14.3 Å². The van der Waals surface area contributed by atoms with Crippen LogP contribution >= 0.6 is 0 Å². The monoisotopic (exact) mass is 403 g/mol. The minimum absolute atomic E-state index is 0.0377. The summed E-state index contributed by atoms with van der Waals surface area (Å²) in [4.78, 5) is 22.0. The Balaban J connectivity index is 1.56. The molecule has 5 rings (SSSR count). The second-order valence-electron chi connectivity index (χ2n) is 7.22. The first kappa shape index (κ1) is 18.2. The highest BCUT2D eigenvalue weighted by Crippen LogP contribution is 2.35. The maximum Gasteiger partial charge on any atom is 0.354 e. The van der Waals surface area contributed by atoms with Crippen LogP contribution in [-0.2, 0) is 0 Å². The molecule has 1 unspecified atom stereocenters. The molecule has 4 heterocycles. The van der Waals surface area contributed by atoms with Crippen molar-refractivity contribution in [1.82, 2.24) is 19.6 Å². The van der Waals surface area contributed by atoms with Gasteiger partial charge in [-0.15, -0.1) is 5.10 Å². The highest BCUT2D eigenvalue weighted by molar-refractivity contribution is 5.86. The van der Waals surface area contributed by atoms with Crippen molar-refractivity contribution in [3.8, 4) is 11.4 Å². The van der Waals surface area contributed by atoms with Gasteiger partial charge in [0.05, 0.1) is 17.9 Å². The number of rotatable bonds is 4. The molecule has 0 spiro atoms. The number of hydrogen-bond donors (Lipinski definition) is 1. The van der Waals surface area contributed by atoms with E-state index < -0.39 is 5.97 Å². The van der Waals surface area contributed by atoms with E-state index in [1.54, 1.807) is 35.0 Å². The molecule has 1 aromatic carbocycles. The minimum atomic E-state index is -1.09. The molecule has 7 nitrogen and oxygen atoms in total. The number of benzene rings is 1. The molecule has 0 amide bonds. The van der Waals surface area contributed by atoms with Crippen LogP contribution in [0.25, 0.3) is 17.0 Å². The lowest BCUT2D eigenvalue weighted by atomic mass is 10.0. The van der Waals surface area contributed by atoms with Crippen LogP contribution in [0.2, 0.25) is 0 Å². The van der Waals surface area contributed by atoms with Gasteiger partial charge in [0, 0.05) is 6.54 Å². The topological polar surface area (TPSA) is 83.6 Å². The molecule has 8 heteroatoms. The second kappa shape index (κ2) is 7.22. The van der Waals surface area contributed by atoms with Crippen molar-refractivity contribution in [2.75, 3.05) is 11.4 Å². The van der Waals surface area contributed by atoms with Crippen LogP contribution < -0.4 is 4.90 Å². The molecule has 0 saturated carbocycles. The Kier molecular flexibility index (Phi) is 4.39. The molecule has 30 heavy (non-hydrogen) atoms. The number of nitrogens with zero attached hydrogens (tertiary/aromatic N) is 5. The Morgan fingerprint density at radius 1 is 1.13 bits per heavy atom. The Hall–Kier alpha value is -3.81. The van der Waals surface area contributed by atoms with Crippen LogP contribution in [0, 0.1) is 5.82 Å². The van der Waals surface area contributed by atoms with E-state index in [0.717, 1.165) is 30.8 Å². The van der Waals surface area contributed by atoms with E-state index in [1.807, 2.05) is 18.2 Å². The summed E-state index contributed by atoms with van der Waals surface area (Å²) in [5.41, 5.74) is 2.62. The number of carboxylic acids is 1. The first-order valence-corrected chi connectivity index (χ1v) is 9.68. The zero-order valence-electron chi connectivity index (χ0n) is 15.9. The number of hydrogen-bond acceptors (Lipinski definition) is 5. The van der Waals surface area contributed by atoms with Crippen LogP contribution in [0.1, 0.15) is 34.9 Å². The van der Waals surface area contributed by atoms with E-state index in [4.69, 9.17) is 5.10 Å². The molecule has 150 valence electrons. The van der Waals surface area contributed by atoms with Gasteiger partial charge in [-0.25, -0.2) is 23.7 Å². The van der Waals surface area contributed by atoms with Crippen LogP contribution in [0.3, 0.4) is 0 Å². The molecule has 1 N–H and O–H groups in total. The fraction of sp³-hybridized carbons (Fsp3) is 0.182. The quantitative estimate of drug-likeness (QED) is 0.555. The highest BCUT2D eigenvalue weighted by Gasteiger charge is 2.28. The van der Waals surface area contributed by atoms with Gasteiger partial charge in [-0.2, -0.15) is 0 Å². The number of fused-ring (bicyclic) bond motifs is 1. The largest absolute Gasteiger partial charge is 0.477 e. The van der Waals surface area contributed by atoms with E-state index >= 15 is 0 Å². The number of halogens is 1. The van der Waals surface area contributed by atoms with E-state index in [-0.39, 0.29) is 17.6 Å². The van der Waals surface area contributed by atoms with Crippen LogP contribution in [0.5, 0.6) is 0 Å². The van der Waals surface area contributed by atoms with Gasteiger partial charge in [0.25, 0.3) is 0 Å². The number of carbonyl (C=O) groups is 1. The number of carboxylic acid groups (broad SMARTS) is 1. The van der Waals surface area contributed by atoms with Gasteiger partial charge in [-0.05, 0) is 54.8 Å². The summed E-state index contributed by atoms with van der Waals surface area (Å²) in [5, 5.41) is 14.0. The molecule has 3 aromatic heterocycles. The van der Waals surface area contributed by atoms with Crippen molar-refractivity contribution in [1.29, 1.82) is 0 Å². The van der Waals surface area contributed by atoms with Crippen LogP contribution in [-0.4, -0.2) is 37.2 Å². The summed E-state index contributed by atoms with van der Waals surface area (Å²) in [6.45, 7) is 0.816. The fourth-order valence-corrected chi connectivity index (χ4v) is 3.99. The summed E-state index contributed by atoms with van der Waals surface area (Å²) < 4.78 is 15.4. The van der Waals surface area contributed by atoms with Gasteiger partial charge in [0.1, 0.15) is 23.0 Å². The second-order valence-corrected chi connectivity index (χ2v) is 7.22. The third kappa shape index (κ3) is 3.16. The smallest absolute Gasteiger partial charge is 0.354 e. The van der Waals surface area contributed by atoms with E-state index in [2.05, 4.69) is 14.9 Å². The predicted molar refractivity (Wildman–Crippen MR) is 109 cm³/mol. The van der Waals surface area contributed by atoms with Crippen molar-refractivity contribution in [3.05, 3.63) is 77.9 Å². The fourth-order valence-electron chi connectivity index (χ4n) is 3.99. The first-order chi connectivity index (χ1) is 14.6. The molecular formula is C22H18FN5O2. The molecule has 1 aliphatic rings. The number of anilines is 1. The molecule has 0 bridgehead atoms. The first-order valence-electron chi connectivity index (χ1n) is 9.68. The molecule has 0 aliphatic carbocycles. The Labute approximate surface area is 171 Å². The predicted octanol–water partition coefficient (Wildman–Crippen LogP) is 3.97. The summed E-state index contributed by atoms with van der Waals surface area (Å²) in [5.74, 6) is -0.582. The third-order valence-electron chi connectivity index (χ3n) is 5.36. The van der Waals surface area contributed by atoms with Crippen LogP contribution in [0.4, 0.5) is 10.2 Å². The lowest BCUT2D eigenvalue weighted by Crippen LogP contribution is -2.24. The molecule has 0 radical (unpaired) electrons. The average Bonchev–Trinajstić information content (AvgIpc) is 3.40. The van der Waals surface area contributed by atoms with Crippen molar-refractivity contribution in [2.45, 2.75) is 18.9 Å². The Morgan fingerprint density at radius 3 is 2.83 bits per heavy atom. The summed E-state index contributed by atoms with van der Waals surface area (Å²) in [6, 6.07) is 15.3. The maximum atomic E-state index is 13.8.